The van der Waals surface area contributed by atoms with Crippen LogP contribution in [-0.4, -0.2) is 23.7 Å². The van der Waals surface area contributed by atoms with Crippen LogP contribution in [0.25, 0.3) is 0 Å². The van der Waals surface area contributed by atoms with E-state index in [1.165, 1.54) is 11.3 Å². The van der Waals surface area contributed by atoms with E-state index in [4.69, 9.17) is 10.4 Å². The maximum Gasteiger partial charge on any atom is 0.338 e. The molecule has 0 aliphatic heterocycles. The largest absolute Gasteiger partial charge is 0.478 e. The van der Waals surface area contributed by atoms with Gasteiger partial charge < -0.3 is 10.4 Å². The maximum atomic E-state index is 11.5. The number of nitriles is 1. The molecule has 0 saturated carbocycles. The monoisotopic (exact) mass is 267 g/mol. The Balaban J connectivity index is 2.79. The second-order valence-electron chi connectivity index (χ2n) is 3.58. The normalized spacial score (nSPS) is 9.61. The number of carboxylic acids is 1. The average molecular weight is 267 g/mol. The molecule has 2 amide bonds. The number of hydrogen-bond acceptors (Lipinski definition) is 4. The zero-order chi connectivity index (χ0) is 13.7. The molecule has 0 aromatic carbocycles. The molecule has 1 aromatic rings. The Labute approximate surface area is 108 Å². The lowest BCUT2D eigenvalue weighted by Crippen LogP contribution is -2.29. The number of nitrogens with one attached hydrogen (secondary N) is 2. The van der Waals surface area contributed by atoms with E-state index in [0.29, 0.717) is 10.6 Å². The first-order valence-corrected chi connectivity index (χ1v) is 6.04. The van der Waals surface area contributed by atoms with Crippen LogP contribution in [0.2, 0.25) is 0 Å². The Morgan fingerprint density at radius 2 is 2.11 bits per heavy atom. The highest BCUT2D eigenvalue weighted by Crippen LogP contribution is 2.32. The van der Waals surface area contributed by atoms with E-state index in [-0.39, 0.29) is 18.5 Å². The molecule has 6 nitrogen and oxygen atoms in total. The number of aromatic carboxylic acids is 1. The van der Waals surface area contributed by atoms with Crippen LogP contribution in [0.4, 0.5) is 9.80 Å². The lowest BCUT2D eigenvalue weighted by molar-refractivity contribution is 0.0697. The highest BCUT2D eigenvalue weighted by atomic mass is 32.1. The number of aryl methyl sites for hydroxylation is 1. The summed E-state index contributed by atoms with van der Waals surface area (Å²) in [6.07, 6.45) is 0.210. The highest BCUT2D eigenvalue weighted by molar-refractivity contribution is 7.16. The number of carbonyl (C=O) groups is 2. The fourth-order valence-electron chi connectivity index (χ4n) is 1.35. The smallest absolute Gasteiger partial charge is 0.338 e. The van der Waals surface area contributed by atoms with Gasteiger partial charge in [-0.05, 0) is 19.4 Å². The van der Waals surface area contributed by atoms with E-state index in [0.717, 1.165) is 4.88 Å². The number of amides is 2. The van der Waals surface area contributed by atoms with E-state index in [9.17, 15) is 9.59 Å². The van der Waals surface area contributed by atoms with Crippen molar-refractivity contribution < 1.29 is 14.7 Å². The van der Waals surface area contributed by atoms with Crippen molar-refractivity contribution in [3.8, 4) is 6.07 Å². The molecule has 0 saturated heterocycles. The van der Waals surface area contributed by atoms with Crippen molar-refractivity contribution in [1.82, 2.24) is 5.32 Å². The highest BCUT2D eigenvalue weighted by Gasteiger charge is 2.19. The molecule has 0 unspecified atom stereocenters. The van der Waals surface area contributed by atoms with Crippen molar-refractivity contribution in [2.45, 2.75) is 20.3 Å². The van der Waals surface area contributed by atoms with Crippen LogP contribution in [0, 0.1) is 25.2 Å². The van der Waals surface area contributed by atoms with Crippen molar-refractivity contribution >= 4 is 28.3 Å². The molecule has 0 radical (unpaired) electrons. The summed E-state index contributed by atoms with van der Waals surface area (Å²) in [5.41, 5.74) is 0.771. The molecule has 0 aliphatic carbocycles. The predicted molar refractivity (Wildman–Crippen MR) is 68.0 cm³/mol. The fourth-order valence-corrected chi connectivity index (χ4v) is 2.40. The van der Waals surface area contributed by atoms with E-state index in [2.05, 4.69) is 10.6 Å². The van der Waals surface area contributed by atoms with Gasteiger partial charge in [0.2, 0.25) is 0 Å². The number of carboxylic acid groups (broad SMARTS) is 1. The number of anilines is 1. The summed E-state index contributed by atoms with van der Waals surface area (Å²) >= 11 is 1.22. The zero-order valence-electron chi connectivity index (χ0n) is 10.0. The molecule has 1 rings (SSSR count). The van der Waals surface area contributed by atoms with Gasteiger partial charge in [-0.25, -0.2) is 9.59 Å². The molecule has 0 atom stereocenters. The summed E-state index contributed by atoms with van der Waals surface area (Å²) in [6, 6.07) is 1.39. The van der Waals surface area contributed by atoms with Gasteiger partial charge in [-0.3, -0.25) is 5.32 Å². The van der Waals surface area contributed by atoms with Crippen LogP contribution in [0.15, 0.2) is 0 Å². The minimum atomic E-state index is -1.07. The van der Waals surface area contributed by atoms with Gasteiger partial charge in [-0.1, -0.05) is 0 Å². The SMILES string of the molecule is Cc1sc(NC(=O)NCCC#N)c(C(=O)O)c1C. The topological polar surface area (TPSA) is 102 Å². The fraction of sp³-hybridized carbons (Fsp3) is 0.364. The molecular formula is C11H13N3O3S. The predicted octanol–water partition coefficient (Wildman–Crippen LogP) is 2.10. The van der Waals surface area contributed by atoms with Crippen molar-refractivity contribution in [3.63, 3.8) is 0 Å². The number of nitrogens with zero attached hydrogens (tertiary/aromatic N) is 1. The second-order valence-corrected chi connectivity index (χ2v) is 4.81. The van der Waals surface area contributed by atoms with Crippen LogP contribution in [0.5, 0.6) is 0 Å². The molecule has 96 valence electrons. The summed E-state index contributed by atoms with van der Waals surface area (Å²) in [4.78, 5) is 23.4. The lowest BCUT2D eigenvalue weighted by Gasteiger charge is -2.05. The summed E-state index contributed by atoms with van der Waals surface area (Å²) in [5, 5.41) is 22.7. The number of thiophene rings is 1. The number of carbonyl (C=O) groups excluding carboxylic acids is 1. The third kappa shape index (κ3) is 3.21. The van der Waals surface area contributed by atoms with Crippen molar-refractivity contribution in [2.24, 2.45) is 0 Å². The maximum absolute atomic E-state index is 11.5. The van der Waals surface area contributed by atoms with E-state index >= 15 is 0 Å². The van der Waals surface area contributed by atoms with Gasteiger partial charge in [0.05, 0.1) is 18.1 Å². The Hall–Kier alpha value is -2.07. The number of urea groups is 1. The van der Waals surface area contributed by atoms with Crippen LogP contribution in [-0.2, 0) is 0 Å². The summed E-state index contributed by atoms with van der Waals surface area (Å²) in [5.74, 6) is -1.07. The Morgan fingerprint density at radius 1 is 1.44 bits per heavy atom. The molecule has 18 heavy (non-hydrogen) atoms. The molecule has 0 fully saturated rings. The van der Waals surface area contributed by atoms with E-state index in [1.807, 2.05) is 6.07 Å². The van der Waals surface area contributed by atoms with Crippen molar-refractivity contribution in [2.75, 3.05) is 11.9 Å². The minimum absolute atomic E-state index is 0.118. The quantitative estimate of drug-likeness (QED) is 0.727. The van der Waals surface area contributed by atoms with E-state index < -0.39 is 12.0 Å². The van der Waals surface area contributed by atoms with Crippen molar-refractivity contribution in [3.05, 3.63) is 16.0 Å². The van der Waals surface area contributed by atoms with Crippen LogP contribution >= 0.6 is 11.3 Å². The van der Waals surface area contributed by atoms with Crippen LogP contribution in [0.3, 0.4) is 0 Å². The summed E-state index contributed by atoms with van der Waals surface area (Å²) in [6.45, 7) is 3.73. The molecule has 0 spiro atoms. The summed E-state index contributed by atoms with van der Waals surface area (Å²) < 4.78 is 0. The molecule has 1 heterocycles. The van der Waals surface area contributed by atoms with Crippen molar-refractivity contribution in [1.29, 1.82) is 5.26 Å². The van der Waals surface area contributed by atoms with Crippen LogP contribution < -0.4 is 10.6 Å². The van der Waals surface area contributed by atoms with Crippen LogP contribution in [0.1, 0.15) is 27.2 Å². The number of hydrogen-bond donors (Lipinski definition) is 3. The van der Waals surface area contributed by atoms with Gasteiger partial charge in [-0.2, -0.15) is 5.26 Å². The molecule has 0 bridgehead atoms. The van der Waals surface area contributed by atoms with Gasteiger partial charge in [0.25, 0.3) is 0 Å². The third-order valence-corrected chi connectivity index (χ3v) is 3.47. The minimum Gasteiger partial charge on any atom is -0.478 e. The zero-order valence-corrected chi connectivity index (χ0v) is 10.8. The summed E-state index contributed by atoms with van der Waals surface area (Å²) in [7, 11) is 0. The number of rotatable bonds is 4. The van der Waals surface area contributed by atoms with E-state index in [1.54, 1.807) is 13.8 Å². The average Bonchev–Trinajstić information content (AvgIpc) is 2.54. The first-order chi connectivity index (χ1) is 8.47. The van der Waals surface area contributed by atoms with Gasteiger partial charge in [0.15, 0.2) is 0 Å². The molecule has 7 heteroatoms. The van der Waals surface area contributed by atoms with Gasteiger partial charge in [-0.15, -0.1) is 11.3 Å². The first kappa shape index (κ1) is 14.0. The Kier molecular flexibility index (Phi) is 4.68. The van der Waals surface area contributed by atoms with Gasteiger partial charge in [0.1, 0.15) is 5.00 Å². The van der Waals surface area contributed by atoms with Gasteiger partial charge in [0, 0.05) is 11.4 Å². The third-order valence-electron chi connectivity index (χ3n) is 2.35. The van der Waals surface area contributed by atoms with Gasteiger partial charge >= 0.3 is 12.0 Å². The standard InChI is InChI=1S/C11H13N3O3S/c1-6-7(2)18-9(8(6)10(15)16)14-11(17)13-5-3-4-12/h3,5H2,1-2H3,(H,15,16)(H2,13,14,17). The molecule has 0 aliphatic rings. The first-order valence-electron chi connectivity index (χ1n) is 5.22. The Bertz CT molecular complexity index is 516. The molecule has 3 N–H and O–H groups in total. The Morgan fingerprint density at radius 3 is 2.67 bits per heavy atom. The molecular weight excluding hydrogens is 254 g/mol. The molecule has 1 aromatic heterocycles. The lowest BCUT2D eigenvalue weighted by atomic mass is 10.1. The second kappa shape index (κ2) is 6.02.